The second-order valence-corrected chi connectivity index (χ2v) is 7.30. The van der Waals surface area contributed by atoms with E-state index in [4.69, 9.17) is 0 Å². The molecule has 0 aliphatic carbocycles. The van der Waals surface area contributed by atoms with Gasteiger partial charge in [-0.3, -0.25) is 0 Å². The lowest BCUT2D eigenvalue weighted by Gasteiger charge is -2.34. The van der Waals surface area contributed by atoms with Crippen molar-refractivity contribution in [2.75, 3.05) is 39.3 Å². The summed E-state index contributed by atoms with van der Waals surface area (Å²) in [5.41, 5.74) is 0. The first-order valence-corrected chi connectivity index (χ1v) is 9.55. The van der Waals surface area contributed by atoms with Crippen LogP contribution in [0.3, 0.4) is 0 Å². The zero-order chi connectivity index (χ0) is 17.6. The van der Waals surface area contributed by atoms with Crippen LogP contribution in [0.5, 0.6) is 0 Å². The maximum atomic E-state index is 12.3. The summed E-state index contributed by atoms with van der Waals surface area (Å²) in [5.74, 6) is 0.880. The van der Waals surface area contributed by atoms with Crippen molar-refractivity contribution in [1.29, 1.82) is 0 Å². The lowest BCUT2D eigenvalue weighted by atomic mass is 9.91. The molecular weight excluding hydrogens is 318 g/mol. The van der Waals surface area contributed by atoms with Crippen LogP contribution in [0.1, 0.15) is 44.0 Å². The number of nitrogens with zero attached hydrogens (tertiary/aromatic N) is 4. The quantitative estimate of drug-likeness (QED) is 0.761. The number of rotatable bonds is 6. The van der Waals surface area contributed by atoms with E-state index in [1.54, 1.807) is 6.20 Å². The maximum Gasteiger partial charge on any atom is 0.317 e. The highest BCUT2D eigenvalue weighted by atomic mass is 16.3. The van der Waals surface area contributed by atoms with Gasteiger partial charge in [-0.05, 0) is 57.7 Å². The lowest BCUT2D eigenvalue weighted by molar-refractivity contribution is 0.0584. The van der Waals surface area contributed by atoms with Crippen LogP contribution in [0.15, 0.2) is 12.4 Å². The number of amides is 2. The van der Waals surface area contributed by atoms with Crippen molar-refractivity contribution in [2.45, 2.75) is 38.2 Å². The molecule has 7 heteroatoms. The van der Waals surface area contributed by atoms with Crippen LogP contribution < -0.4 is 5.32 Å². The highest BCUT2D eigenvalue weighted by Crippen LogP contribution is 2.29. The molecule has 1 aromatic heterocycles. The van der Waals surface area contributed by atoms with Gasteiger partial charge in [-0.25, -0.2) is 9.78 Å². The van der Waals surface area contributed by atoms with Crippen molar-refractivity contribution in [3.05, 3.63) is 18.2 Å². The second kappa shape index (κ2) is 8.67. The normalized spacial score (nSPS) is 20.8. The first kappa shape index (κ1) is 18.2. The Labute approximate surface area is 150 Å². The average molecular weight is 349 g/mol. The average Bonchev–Trinajstić information content (AvgIpc) is 3.29. The molecule has 140 valence electrons. The molecule has 0 spiro atoms. The predicted octanol–water partition coefficient (Wildman–Crippen LogP) is 1.36. The molecule has 3 heterocycles. The summed E-state index contributed by atoms with van der Waals surface area (Å²) >= 11 is 0. The molecule has 2 fully saturated rings. The molecule has 0 aromatic carbocycles. The number of carbonyl (C=O) groups is 1. The molecule has 1 aromatic rings. The Hall–Kier alpha value is -1.60. The molecule has 7 nitrogen and oxygen atoms in total. The summed E-state index contributed by atoms with van der Waals surface area (Å²) in [6, 6.07) is 0.0337. The van der Waals surface area contributed by atoms with E-state index in [1.807, 2.05) is 22.7 Å². The summed E-state index contributed by atoms with van der Waals surface area (Å²) in [4.78, 5) is 20.9. The molecule has 1 unspecified atom stereocenters. The van der Waals surface area contributed by atoms with Gasteiger partial charge >= 0.3 is 6.03 Å². The van der Waals surface area contributed by atoms with E-state index in [0.29, 0.717) is 18.9 Å². The largest absolute Gasteiger partial charge is 0.385 e. The monoisotopic (exact) mass is 349 g/mol. The minimum absolute atomic E-state index is 0.0337. The molecule has 0 radical (unpaired) electrons. The molecule has 2 N–H and O–H groups in total. The van der Waals surface area contributed by atoms with E-state index in [9.17, 15) is 9.90 Å². The lowest BCUT2D eigenvalue weighted by Crippen LogP contribution is -2.45. The molecule has 0 saturated carbocycles. The predicted molar refractivity (Wildman–Crippen MR) is 96.2 cm³/mol. The topological polar surface area (TPSA) is 73.6 Å². The number of hydrogen-bond donors (Lipinski definition) is 2. The van der Waals surface area contributed by atoms with Gasteiger partial charge in [0.1, 0.15) is 11.9 Å². The first-order valence-electron chi connectivity index (χ1n) is 9.55. The number of aliphatic hydroxyl groups excluding tert-OH is 1. The highest BCUT2D eigenvalue weighted by Gasteiger charge is 2.29. The summed E-state index contributed by atoms with van der Waals surface area (Å²) in [6.45, 7) is 5.64. The highest BCUT2D eigenvalue weighted by molar-refractivity contribution is 5.74. The van der Waals surface area contributed by atoms with Crippen molar-refractivity contribution in [3.8, 4) is 0 Å². The fraction of sp³-hybridized carbons (Fsp3) is 0.778. The Morgan fingerprint density at radius 1 is 1.32 bits per heavy atom. The second-order valence-electron chi connectivity index (χ2n) is 7.30. The van der Waals surface area contributed by atoms with E-state index in [-0.39, 0.29) is 11.9 Å². The SMILES string of the molecule is Cn1ccnc1C(O)C1CCN(C(=O)NCCCN2CCCC2)CC1. The van der Waals surface area contributed by atoms with Gasteiger partial charge in [-0.1, -0.05) is 0 Å². The van der Waals surface area contributed by atoms with E-state index in [1.165, 1.54) is 25.9 Å². The van der Waals surface area contributed by atoms with E-state index in [2.05, 4.69) is 15.2 Å². The number of likely N-dealkylation sites (tertiary alicyclic amines) is 2. The third-order valence-corrected chi connectivity index (χ3v) is 5.52. The Balaban J connectivity index is 1.35. The van der Waals surface area contributed by atoms with E-state index >= 15 is 0 Å². The number of nitrogens with one attached hydrogen (secondary N) is 1. The fourth-order valence-corrected chi connectivity index (χ4v) is 3.91. The third-order valence-electron chi connectivity index (χ3n) is 5.52. The van der Waals surface area contributed by atoms with Crippen LogP contribution in [-0.4, -0.2) is 69.8 Å². The molecule has 25 heavy (non-hydrogen) atoms. The minimum atomic E-state index is -0.550. The molecule has 0 bridgehead atoms. The number of hydrogen-bond acceptors (Lipinski definition) is 4. The van der Waals surface area contributed by atoms with Gasteiger partial charge < -0.3 is 24.8 Å². The van der Waals surface area contributed by atoms with Gasteiger partial charge in [0, 0.05) is 39.1 Å². The van der Waals surface area contributed by atoms with Crippen LogP contribution in [0.25, 0.3) is 0 Å². The van der Waals surface area contributed by atoms with Crippen LogP contribution in [0, 0.1) is 5.92 Å². The number of aromatic nitrogens is 2. The fourth-order valence-electron chi connectivity index (χ4n) is 3.91. The number of urea groups is 1. The van der Waals surface area contributed by atoms with Crippen molar-refractivity contribution < 1.29 is 9.90 Å². The number of aryl methyl sites for hydroxylation is 1. The Bertz CT molecular complexity index is 547. The number of imidazole rings is 1. The Kier molecular flexibility index (Phi) is 6.31. The number of piperidine rings is 1. The summed E-state index contributed by atoms with van der Waals surface area (Å²) in [7, 11) is 1.90. The van der Waals surface area contributed by atoms with Gasteiger partial charge in [-0.2, -0.15) is 0 Å². The van der Waals surface area contributed by atoms with Gasteiger partial charge in [-0.15, -0.1) is 0 Å². The summed E-state index contributed by atoms with van der Waals surface area (Å²) in [6.07, 6.45) is 8.28. The number of aliphatic hydroxyl groups is 1. The van der Waals surface area contributed by atoms with Crippen molar-refractivity contribution in [3.63, 3.8) is 0 Å². The third kappa shape index (κ3) is 4.73. The molecule has 2 aliphatic heterocycles. The summed E-state index contributed by atoms with van der Waals surface area (Å²) < 4.78 is 1.87. The van der Waals surface area contributed by atoms with E-state index < -0.39 is 6.10 Å². The van der Waals surface area contributed by atoms with Crippen molar-refractivity contribution in [2.24, 2.45) is 13.0 Å². The molecule has 2 amide bonds. The zero-order valence-corrected chi connectivity index (χ0v) is 15.2. The first-order chi connectivity index (χ1) is 12.1. The summed E-state index contributed by atoms with van der Waals surface area (Å²) in [5, 5.41) is 13.5. The van der Waals surface area contributed by atoms with Crippen LogP contribution in [-0.2, 0) is 7.05 Å². The van der Waals surface area contributed by atoms with Crippen LogP contribution >= 0.6 is 0 Å². The Morgan fingerprint density at radius 2 is 2.04 bits per heavy atom. The van der Waals surface area contributed by atoms with Crippen LogP contribution in [0.4, 0.5) is 4.79 Å². The molecule has 3 rings (SSSR count). The van der Waals surface area contributed by atoms with Crippen LogP contribution in [0.2, 0.25) is 0 Å². The molecule has 2 aliphatic rings. The zero-order valence-electron chi connectivity index (χ0n) is 15.2. The van der Waals surface area contributed by atoms with Gasteiger partial charge in [0.15, 0.2) is 0 Å². The molecular formula is C18H31N5O2. The Morgan fingerprint density at radius 3 is 2.68 bits per heavy atom. The molecule has 1 atom stereocenters. The van der Waals surface area contributed by atoms with Gasteiger partial charge in [0.05, 0.1) is 0 Å². The van der Waals surface area contributed by atoms with Crippen molar-refractivity contribution >= 4 is 6.03 Å². The minimum Gasteiger partial charge on any atom is -0.385 e. The maximum absolute atomic E-state index is 12.3. The van der Waals surface area contributed by atoms with Gasteiger partial charge in [0.2, 0.25) is 0 Å². The van der Waals surface area contributed by atoms with Crippen molar-refractivity contribution in [1.82, 2.24) is 24.7 Å². The molecule has 2 saturated heterocycles. The number of carbonyl (C=O) groups excluding carboxylic acids is 1. The smallest absolute Gasteiger partial charge is 0.317 e. The standard InChI is InChI=1S/C18H31N5O2/c1-21-14-8-19-17(21)16(24)15-5-12-23(13-6-15)18(25)20-7-4-11-22-9-2-3-10-22/h8,14-16,24H,2-7,9-13H2,1H3,(H,20,25). The van der Waals surface area contributed by atoms with Gasteiger partial charge in [0.25, 0.3) is 0 Å². The van der Waals surface area contributed by atoms with E-state index in [0.717, 1.165) is 32.4 Å².